The van der Waals surface area contributed by atoms with Crippen LogP contribution in [0.5, 0.6) is 0 Å². The number of hydrogen-bond acceptors (Lipinski definition) is 2. The molecular formula is C8H10N2O2. The summed E-state index contributed by atoms with van der Waals surface area (Å²) in [5, 5.41) is 0. The first-order chi connectivity index (χ1) is 5.76. The quantitative estimate of drug-likeness (QED) is 0.637. The number of nitrogens with one attached hydrogen (secondary N) is 1. The zero-order chi connectivity index (χ0) is 8.60. The van der Waals surface area contributed by atoms with Gasteiger partial charge in [-0.2, -0.15) is 0 Å². The van der Waals surface area contributed by atoms with E-state index in [0.29, 0.717) is 13.2 Å². The first-order valence-corrected chi connectivity index (χ1v) is 3.77. The molecule has 3 N–H and O–H groups in total. The molecular weight excluding hydrogens is 156 g/mol. The molecule has 0 saturated carbocycles. The van der Waals surface area contributed by atoms with E-state index in [4.69, 9.17) is 10.5 Å². The minimum absolute atomic E-state index is 0.323. The highest BCUT2D eigenvalue weighted by molar-refractivity contribution is 5.87. The lowest BCUT2D eigenvalue weighted by atomic mass is 9.82. The normalized spacial score (nSPS) is 20.0. The van der Waals surface area contributed by atoms with Gasteiger partial charge in [-0.1, -0.05) is 0 Å². The fourth-order valence-electron chi connectivity index (χ4n) is 1.36. The Morgan fingerprint density at radius 2 is 2.42 bits per heavy atom. The van der Waals surface area contributed by atoms with Crippen LogP contribution in [0.4, 0.5) is 0 Å². The largest absolute Gasteiger partial charge is 0.378 e. The van der Waals surface area contributed by atoms with Crippen LogP contribution in [0.3, 0.4) is 0 Å². The van der Waals surface area contributed by atoms with E-state index in [0.717, 1.165) is 5.69 Å². The molecule has 1 aliphatic heterocycles. The summed E-state index contributed by atoms with van der Waals surface area (Å²) >= 11 is 0. The lowest BCUT2D eigenvalue weighted by molar-refractivity contribution is -0.142. The van der Waals surface area contributed by atoms with Gasteiger partial charge in [-0.3, -0.25) is 4.79 Å². The molecule has 4 nitrogen and oxygen atoms in total. The van der Waals surface area contributed by atoms with Crippen molar-refractivity contribution in [1.82, 2.24) is 4.98 Å². The summed E-state index contributed by atoms with van der Waals surface area (Å²) in [5.74, 6) is -0.323. The fourth-order valence-corrected chi connectivity index (χ4v) is 1.36. The number of carbonyl (C=O) groups is 1. The van der Waals surface area contributed by atoms with Crippen LogP contribution in [0.15, 0.2) is 18.3 Å². The van der Waals surface area contributed by atoms with Crippen LogP contribution in [-0.2, 0) is 14.9 Å². The van der Waals surface area contributed by atoms with Gasteiger partial charge in [0.25, 0.3) is 0 Å². The van der Waals surface area contributed by atoms with Gasteiger partial charge in [0.1, 0.15) is 5.41 Å². The Kier molecular flexibility index (Phi) is 1.44. The SMILES string of the molecule is NC(=O)C1(c2ccc[nH]2)COC1. The summed E-state index contributed by atoms with van der Waals surface area (Å²) in [6.45, 7) is 0.783. The molecule has 1 aliphatic rings. The number of H-pyrrole nitrogens is 1. The van der Waals surface area contributed by atoms with Gasteiger partial charge < -0.3 is 15.5 Å². The molecule has 1 aromatic rings. The summed E-state index contributed by atoms with van der Waals surface area (Å²) in [5.41, 5.74) is 5.54. The zero-order valence-electron chi connectivity index (χ0n) is 6.54. The van der Waals surface area contributed by atoms with Gasteiger partial charge in [0.15, 0.2) is 0 Å². The van der Waals surface area contributed by atoms with Crippen molar-refractivity contribution in [1.29, 1.82) is 0 Å². The smallest absolute Gasteiger partial charge is 0.234 e. The summed E-state index contributed by atoms with van der Waals surface area (Å²) in [6, 6.07) is 3.70. The standard InChI is InChI=1S/C8H10N2O2/c9-7(11)8(4-12-5-8)6-2-1-3-10-6/h1-3,10H,4-5H2,(H2,9,11). The summed E-state index contributed by atoms with van der Waals surface area (Å²) in [6.07, 6.45) is 1.78. The second kappa shape index (κ2) is 2.35. The highest BCUT2D eigenvalue weighted by Crippen LogP contribution is 2.30. The number of amides is 1. The number of aromatic nitrogens is 1. The van der Waals surface area contributed by atoms with Crippen molar-refractivity contribution < 1.29 is 9.53 Å². The summed E-state index contributed by atoms with van der Waals surface area (Å²) in [4.78, 5) is 14.1. The van der Waals surface area contributed by atoms with E-state index in [-0.39, 0.29) is 5.91 Å². The van der Waals surface area contributed by atoms with Gasteiger partial charge in [-0.15, -0.1) is 0 Å². The van der Waals surface area contributed by atoms with Gasteiger partial charge in [-0.05, 0) is 12.1 Å². The Morgan fingerprint density at radius 3 is 2.75 bits per heavy atom. The summed E-state index contributed by atoms with van der Waals surface area (Å²) < 4.78 is 5.00. The first-order valence-electron chi connectivity index (χ1n) is 3.77. The molecule has 0 radical (unpaired) electrons. The van der Waals surface area contributed by atoms with E-state index >= 15 is 0 Å². The second-order valence-electron chi connectivity index (χ2n) is 3.02. The highest BCUT2D eigenvalue weighted by atomic mass is 16.5. The number of ether oxygens (including phenoxy) is 1. The number of rotatable bonds is 2. The maximum absolute atomic E-state index is 11.1. The van der Waals surface area contributed by atoms with E-state index in [2.05, 4.69) is 4.98 Å². The number of aromatic amines is 1. The van der Waals surface area contributed by atoms with Crippen LogP contribution in [0.1, 0.15) is 5.69 Å². The van der Waals surface area contributed by atoms with Crippen LogP contribution in [-0.4, -0.2) is 24.1 Å². The van der Waals surface area contributed by atoms with Crippen LogP contribution >= 0.6 is 0 Å². The fraction of sp³-hybridized carbons (Fsp3) is 0.375. The third-order valence-corrected chi connectivity index (χ3v) is 2.28. The van der Waals surface area contributed by atoms with Crippen molar-refractivity contribution in [2.45, 2.75) is 5.41 Å². The minimum atomic E-state index is -0.594. The number of carbonyl (C=O) groups excluding carboxylic acids is 1. The van der Waals surface area contributed by atoms with E-state index in [1.165, 1.54) is 0 Å². The van der Waals surface area contributed by atoms with Crippen LogP contribution in [0.2, 0.25) is 0 Å². The lowest BCUT2D eigenvalue weighted by Crippen LogP contribution is -2.56. The molecule has 0 aromatic carbocycles. The maximum atomic E-state index is 11.1. The molecule has 0 spiro atoms. The van der Waals surface area contributed by atoms with E-state index < -0.39 is 5.41 Å². The van der Waals surface area contributed by atoms with Crippen LogP contribution in [0, 0.1) is 0 Å². The Morgan fingerprint density at radius 1 is 1.67 bits per heavy atom. The molecule has 4 heteroatoms. The van der Waals surface area contributed by atoms with Crippen molar-refractivity contribution in [2.75, 3.05) is 13.2 Å². The lowest BCUT2D eigenvalue weighted by Gasteiger charge is -2.37. The Labute approximate surface area is 69.7 Å². The Balaban J connectivity index is 2.35. The average molecular weight is 166 g/mol. The predicted molar refractivity (Wildman–Crippen MR) is 42.5 cm³/mol. The van der Waals surface area contributed by atoms with Crippen molar-refractivity contribution in [3.05, 3.63) is 24.0 Å². The number of hydrogen-bond donors (Lipinski definition) is 2. The molecule has 1 amide bonds. The van der Waals surface area contributed by atoms with E-state index in [9.17, 15) is 4.79 Å². The molecule has 0 atom stereocenters. The van der Waals surface area contributed by atoms with Gasteiger partial charge in [0, 0.05) is 11.9 Å². The topological polar surface area (TPSA) is 68.1 Å². The Hall–Kier alpha value is -1.29. The van der Waals surface area contributed by atoms with Crippen molar-refractivity contribution in [3.63, 3.8) is 0 Å². The van der Waals surface area contributed by atoms with Crippen molar-refractivity contribution in [2.24, 2.45) is 5.73 Å². The van der Waals surface area contributed by atoms with Crippen molar-refractivity contribution >= 4 is 5.91 Å². The van der Waals surface area contributed by atoms with Gasteiger partial charge >= 0.3 is 0 Å². The number of primary amides is 1. The monoisotopic (exact) mass is 166 g/mol. The predicted octanol–water partition coefficient (Wildman–Crippen LogP) is -0.232. The molecule has 2 heterocycles. The van der Waals surface area contributed by atoms with E-state index in [1.54, 1.807) is 6.20 Å². The Bertz CT molecular complexity index is 288. The van der Waals surface area contributed by atoms with Crippen molar-refractivity contribution in [3.8, 4) is 0 Å². The van der Waals surface area contributed by atoms with Gasteiger partial charge in [0.2, 0.25) is 5.91 Å². The zero-order valence-corrected chi connectivity index (χ0v) is 6.54. The minimum Gasteiger partial charge on any atom is -0.378 e. The molecule has 0 aliphatic carbocycles. The molecule has 0 unspecified atom stereocenters. The van der Waals surface area contributed by atoms with Crippen LogP contribution < -0.4 is 5.73 Å². The molecule has 1 fully saturated rings. The van der Waals surface area contributed by atoms with Gasteiger partial charge in [-0.25, -0.2) is 0 Å². The second-order valence-corrected chi connectivity index (χ2v) is 3.02. The molecule has 2 rings (SSSR count). The third kappa shape index (κ3) is 0.783. The molecule has 0 bridgehead atoms. The van der Waals surface area contributed by atoms with Crippen LogP contribution in [0.25, 0.3) is 0 Å². The molecule has 1 aromatic heterocycles. The molecule has 64 valence electrons. The number of nitrogens with two attached hydrogens (primary N) is 1. The van der Waals surface area contributed by atoms with E-state index in [1.807, 2.05) is 12.1 Å². The summed E-state index contributed by atoms with van der Waals surface area (Å²) in [7, 11) is 0. The maximum Gasteiger partial charge on any atom is 0.234 e. The highest BCUT2D eigenvalue weighted by Gasteiger charge is 2.46. The van der Waals surface area contributed by atoms with Gasteiger partial charge in [0.05, 0.1) is 13.2 Å². The average Bonchev–Trinajstić information content (AvgIpc) is 2.35. The molecule has 12 heavy (non-hydrogen) atoms. The third-order valence-electron chi connectivity index (χ3n) is 2.28. The first kappa shape index (κ1) is 7.36. The molecule has 1 saturated heterocycles.